The molecule has 1 N–H and O–H groups in total. The van der Waals surface area contributed by atoms with Gasteiger partial charge in [-0.3, -0.25) is 0 Å². The fourth-order valence-corrected chi connectivity index (χ4v) is 18.7. The van der Waals surface area contributed by atoms with Gasteiger partial charge in [0.15, 0.2) is 0 Å². The van der Waals surface area contributed by atoms with Crippen molar-refractivity contribution in [3.05, 3.63) is 90.5 Å². The molecular formula is C23H23N3OSSn. The molecule has 4 nitrogen and oxygen atoms in total. The summed E-state index contributed by atoms with van der Waals surface area (Å²) in [5, 5.41) is 5.27. The van der Waals surface area contributed by atoms with Crippen molar-refractivity contribution in [1.82, 2.24) is 5.43 Å². The average molecular weight is 508 g/mol. The molecule has 1 aliphatic rings. The fraction of sp³-hybridized carbons (Fsp3) is 0.130. The summed E-state index contributed by atoms with van der Waals surface area (Å²) < 4.78 is 9.55. The van der Waals surface area contributed by atoms with Crippen LogP contribution >= 0.6 is 8.95 Å². The molecule has 3 aromatic rings. The second-order valence-electron chi connectivity index (χ2n) is 6.65. The van der Waals surface area contributed by atoms with Gasteiger partial charge in [-0.2, -0.15) is 0 Å². The van der Waals surface area contributed by atoms with Gasteiger partial charge >= 0.3 is 180 Å². The van der Waals surface area contributed by atoms with Gasteiger partial charge in [-0.1, -0.05) is 0 Å². The summed E-state index contributed by atoms with van der Waals surface area (Å²) in [6.45, 7) is 2.88. The quantitative estimate of drug-likeness (QED) is 0.547. The summed E-state index contributed by atoms with van der Waals surface area (Å²) in [6.07, 6.45) is 2.80. The van der Waals surface area contributed by atoms with Gasteiger partial charge in [-0.25, -0.2) is 0 Å². The monoisotopic (exact) mass is 509 g/mol. The first-order chi connectivity index (χ1) is 14.3. The predicted molar refractivity (Wildman–Crippen MR) is 126 cm³/mol. The van der Waals surface area contributed by atoms with Gasteiger partial charge in [-0.05, 0) is 0 Å². The number of nitrogens with zero attached hydrogens (tertiary/aromatic N) is 2. The number of fused-ring (bicyclic) bond motifs is 1. The van der Waals surface area contributed by atoms with Crippen molar-refractivity contribution >= 4 is 44.9 Å². The predicted octanol–water partition coefficient (Wildman–Crippen LogP) is 3.76. The van der Waals surface area contributed by atoms with Crippen molar-refractivity contribution in [1.29, 1.82) is 0 Å². The summed E-state index contributed by atoms with van der Waals surface area (Å²) >= 11 is -3.77. The molecule has 0 aromatic heterocycles. The third-order valence-corrected chi connectivity index (χ3v) is 20.8. The molecule has 0 unspecified atom stereocenters. The van der Waals surface area contributed by atoms with E-state index in [1.807, 2.05) is 30.5 Å². The Kier molecular flexibility index (Phi) is 6.56. The number of rotatable bonds is 4. The van der Waals surface area contributed by atoms with Gasteiger partial charge < -0.3 is 0 Å². The Labute approximate surface area is 179 Å². The molecule has 0 saturated heterocycles. The molecule has 0 radical (unpaired) electrons. The molecule has 0 bridgehead atoms. The first-order valence-corrected chi connectivity index (χ1v) is 18.1. The van der Waals surface area contributed by atoms with E-state index in [9.17, 15) is 0 Å². The molecule has 0 fully saturated rings. The van der Waals surface area contributed by atoms with Crippen LogP contribution in [0, 0.1) is 0 Å². The molecule has 3 aromatic carbocycles. The third kappa shape index (κ3) is 4.51. The van der Waals surface area contributed by atoms with Crippen LogP contribution in [0.4, 0.5) is 0 Å². The van der Waals surface area contributed by atoms with Crippen LogP contribution in [0.15, 0.2) is 95.0 Å². The second-order valence-corrected chi connectivity index (χ2v) is 20.2. The van der Waals surface area contributed by atoms with Gasteiger partial charge in [0.1, 0.15) is 0 Å². The van der Waals surface area contributed by atoms with E-state index >= 15 is 0 Å². The molecule has 4 rings (SSSR count). The van der Waals surface area contributed by atoms with E-state index in [1.54, 1.807) is 8.95 Å². The maximum atomic E-state index is 7.05. The van der Waals surface area contributed by atoms with Crippen LogP contribution in [-0.4, -0.2) is 35.3 Å². The van der Waals surface area contributed by atoms with Crippen molar-refractivity contribution < 1.29 is 3.07 Å². The van der Waals surface area contributed by atoms with Gasteiger partial charge in [0.05, 0.1) is 0 Å². The normalized spacial score (nSPS) is 17.8. The van der Waals surface area contributed by atoms with Crippen molar-refractivity contribution in [2.75, 3.05) is 6.54 Å². The van der Waals surface area contributed by atoms with Crippen LogP contribution in [0.3, 0.4) is 0 Å². The maximum absolute atomic E-state index is 7.05. The number of hydrazone groups is 1. The standard InChI is InChI=1S/C11H15N3OS.2C6H5.Sn/c1-2-7-12-11(16)14-13-8-9-5-3-4-6-10(9)15;2*1-2-4-6-5-3-1;/h3-6,8,15H,2,7H2,1H3,(H2,12,14,16);2*1-5H;/q;;;+2/p-2/b13-8-;;;. The van der Waals surface area contributed by atoms with Crippen LogP contribution in [0.5, 0.6) is 5.75 Å². The Bertz CT molecular complexity index is 969. The van der Waals surface area contributed by atoms with Crippen molar-refractivity contribution in [2.45, 2.75) is 13.3 Å². The molecule has 0 atom stereocenters. The number of benzene rings is 3. The van der Waals surface area contributed by atoms with E-state index in [4.69, 9.17) is 8.07 Å². The Morgan fingerprint density at radius 1 is 0.897 bits per heavy atom. The third-order valence-electron chi connectivity index (χ3n) is 4.56. The van der Waals surface area contributed by atoms with Crippen LogP contribution in [0.25, 0.3) is 0 Å². The number of aliphatic imine (C=N–C) groups is 1. The SMILES string of the molecule is CCCN=C1N/N=C\c2ccccc2[O][Sn]([c]2ccccc2)([c]2ccccc2)[S]1. The first kappa shape index (κ1) is 20.0. The van der Waals surface area contributed by atoms with E-state index in [0.717, 1.165) is 29.4 Å². The minimum absolute atomic E-state index is 0.753. The van der Waals surface area contributed by atoms with Gasteiger partial charge in [-0.15, -0.1) is 0 Å². The molecule has 0 saturated carbocycles. The molecular weight excluding hydrogens is 485 g/mol. The molecule has 29 heavy (non-hydrogen) atoms. The molecule has 146 valence electrons. The van der Waals surface area contributed by atoms with E-state index in [1.165, 1.54) is 7.16 Å². The average Bonchev–Trinajstić information content (AvgIpc) is 2.86. The molecule has 6 heteroatoms. The van der Waals surface area contributed by atoms with E-state index < -0.39 is 17.4 Å². The minimum atomic E-state index is -3.77. The van der Waals surface area contributed by atoms with E-state index in [2.05, 4.69) is 78.1 Å². The van der Waals surface area contributed by atoms with E-state index in [-0.39, 0.29) is 0 Å². The van der Waals surface area contributed by atoms with Crippen LogP contribution in [0.1, 0.15) is 18.9 Å². The topological polar surface area (TPSA) is 46.0 Å². The van der Waals surface area contributed by atoms with Gasteiger partial charge in [0.2, 0.25) is 0 Å². The van der Waals surface area contributed by atoms with Crippen LogP contribution in [0.2, 0.25) is 0 Å². The van der Waals surface area contributed by atoms with E-state index in [0.29, 0.717) is 0 Å². The second kappa shape index (κ2) is 9.50. The number of hydrogen-bond donors (Lipinski definition) is 1. The van der Waals surface area contributed by atoms with Crippen molar-refractivity contribution in [3.8, 4) is 5.75 Å². The number of hydrogen-bond acceptors (Lipinski definition) is 4. The molecule has 1 heterocycles. The summed E-state index contributed by atoms with van der Waals surface area (Å²) in [5.74, 6) is 0.866. The summed E-state index contributed by atoms with van der Waals surface area (Å²) in [4.78, 5) is 4.78. The summed E-state index contributed by atoms with van der Waals surface area (Å²) in [5.41, 5.74) is 4.15. The van der Waals surface area contributed by atoms with Crippen molar-refractivity contribution in [2.24, 2.45) is 10.1 Å². The Hall–Kier alpha value is -2.25. The fourth-order valence-electron chi connectivity index (χ4n) is 3.17. The Morgan fingerprint density at radius 3 is 2.17 bits per heavy atom. The molecule has 1 aliphatic heterocycles. The van der Waals surface area contributed by atoms with Crippen LogP contribution in [-0.2, 0) is 0 Å². The molecule has 0 spiro atoms. The number of amidine groups is 1. The summed E-state index contributed by atoms with van der Waals surface area (Å²) in [7, 11) is 1.75. The zero-order valence-corrected chi connectivity index (χ0v) is 20.0. The molecule has 0 amide bonds. The Morgan fingerprint density at radius 2 is 1.52 bits per heavy atom. The summed E-state index contributed by atoms with van der Waals surface area (Å²) in [6, 6.07) is 29.3. The Balaban J connectivity index is 1.94. The number of nitrogens with one attached hydrogen (secondary N) is 1. The zero-order chi connectivity index (χ0) is 19.9. The zero-order valence-electron chi connectivity index (χ0n) is 16.3. The van der Waals surface area contributed by atoms with Gasteiger partial charge in [0, 0.05) is 0 Å². The van der Waals surface area contributed by atoms with Crippen molar-refractivity contribution in [3.63, 3.8) is 0 Å². The first-order valence-electron chi connectivity index (χ1n) is 9.73. The number of para-hydroxylation sites is 1. The van der Waals surface area contributed by atoms with Crippen LogP contribution < -0.4 is 15.7 Å². The van der Waals surface area contributed by atoms with Gasteiger partial charge in [0.25, 0.3) is 0 Å². The molecule has 0 aliphatic carbocycles.